The summed E-state index contributed by atoms with van der Waals surface area (Å²) in [6.45, 7) is 0. The maximum atomic E-state index is 12.6. The topological polar surface area (TPSA) is 169 Å². The highest BCUT2D eigenvalue weighted by Crippen LogP contribution is 2.32. The van der Waals surface area contributed by atoms with E-state index in [1.54, 1.807) is 0 Å². The number of nitrogen functional groups attached to an aromatic ring is 1. The molecule has 0 aliphatic carbocycles. The fraction of sp³-hybridized carbons (Fsp3) is 0. The van der Waals surface area contributed by atoms with Gasteiger partial charge in [0.15, 0.2) is 5.43 Å². The van der Waals surface area contributed by atoms with E-state index in [1.807, 2.05) is 0 Å². The second-order valence-electron chi connectivity index (χ2n) is 5.25. The summed E-state index contributed by atoms with van der Waals surface area (Å²) < 4.78 is 31.8. The first-order valence-electron chi connectivity index (χ1n) is 6.98. The van der Waals surface area contributed by atoms with E-state index in [9.17, 15) is 23.3 Å². The Kier molecular flexibility index (Phi) is 4.10. The van der Waals surface area contributed by atoms with Crippen molar-refractivity contribution in [3.63, 3.8) is 0 Å². The highest BCUT2D eigenvalue weighted by Gasteiger charge is 2.21. The molecule has 0 radical (unpaired) electrons. The van der Waals surface area contributed by atoms with E-state index < -0.39 is 32.1 Å². The van der Waals surface area contributed by atoms with Crippen LogP contribution >= 0.6 is 0 Å². The van der Waals surface area contributed by atoms with Crippen molar-refractivity contribution in [2.75, 3.05) is 5.73 Å². The number of hydrogen-bond acceptors (Lipinski definition) is 8. The second-order valence-corrected chi connectivity index (χ2v) is 6.40. The minimum atomic E-state index is -4.45. The van der Waals surface area contributed by atoms with E-state index in [0.717, 1.165) is 18.4 Å². The number of benzene rings is 2. The van der Waals surface area contributed by atoms with Gasteiger partial charge in [-0.15, -0.1) is 0 Å². The molecule has 0 fully saturated rings. The largest absolute Gasteiger partial charge is 0.463 e. The summed E-state index contributed by atoms with van der Waals surface area (Å²) in [5.74, 6) is -0.570. The molecule has 0 aliphatic rings. The third-order valence-electron chi connectivity index (χ3n) is 3.47. The molecule has 1 heterocycles. The molecule has 4 N–H and O–H groups in total. The first-order valence-corrected chi connectivity index (χ1v) is 8.45. The van der Waals surface area contributed by atoms with Gasteiger partial charge < -0.3 is 14.3 Å². The Bertz CT molecular complexity index is 1200. The van der Waals surface area contributed by atoms with Crippen LogP contribution in [-0.2, 0) is 10.3 Å². The van der Waals surface area contributed by atoms with Gasteiger partial charge in [-0.05, 0) is 29.8 Å². The number of hydrogen-bond donors (Lipinski definition) is 2. The quantitative estimate of drug-likeness (QED) is 0.392. The summed E-state index contributed by atoms with van der Waals surface area (Å²) in [5, 5.41) is 16.2. The van der Waals surface area contributed by atoms with Crippen LogP contribution in [0.15, 0.2) is 51.9 Å². The first kappa shape index (κ1) is 17.4. The van der Waals surface area contributed by atoms with Crippen LogP contribution in [0.1, 0.15) is 0 Å². The molecule has 26 heavy (non-hydrogen) atoms. The zero-order chi connectivity index (χ0) is 19.1. The zero-order valence-electron chi connectivity index (χ0n) is 12.9. The average molecular weight is 377 g/mol. The fourth-order valence-corrected chi connectivity index (χ4v) is 2.76. The van der Waals surface area contributed by atoms with Gasteiger partial charge in [-0.2, -0.15) is 13.6 Å². The van der Waals surface area contributed by atoms with E-state index in [0.29, 0.717) is 5.69 Å². The van der Waals surface area contributed by atoms with Crippen molar-refractivity contribution in [2.45, 2.75) is 0 Å². The fourth-order valence-electron chi connectivity index (χ4n) is 2.37. The molecule has 0 atom stereocenters. The number of fused-ring (bicyclic) bond motifs is 1. The smallest absolute Gasteiger partial charge is 0.380 e. The summed E-state index contributed by atoms with van der Waals surface area (Å²) in [5.41, 5.74) is 5.40. The zero-order valence-corrected chi connectivity index (χ0v) is 13.7. The molecule has 2 aromatic carbocycles. The number of nitro benzene ring substituents is 1. The van der Waals surface area contributed by atoms with Gasteiger partial charge in [-0.3, -0.25) is 14.9 Å². The van der Waals surface area contributed by atoms with Gasteiger partial charge in [0, 0.05) is 17.8 Å². The van der Waals surface area contributed by atoms with Crippen LogP contribution in [0.5, 0.6) is 5.75 Å². The number of rotatable bonds is 4. The third kappa shape index (κ3) is 3.34. The molecular formula is C15H11N3O7S. The van der Waals surface area contributed by atoms with Gasteiger partial charge in [0.1, 0.15) is 11.8 Å². The molecule has 10 nitrogen and oxygen atoms in total. The van der Waals surface area contributed by atoms with Crippen LogP contribution in [-0.4, -0.2) is 13.3 Å². The first-order chi connectivity index (χ1) is 12.2. The molecule has 0 saturated carbocycles. The molecule has 134 valence electrons. The lowest BCUT2D eigenvalue weighted by Gasteiger charge is -2.07. The van der Waals surface area contributed by atoms with Crippen molar-refractivity contribution in [3.8, 4) is 16.9 Å². The van der Waals surface area contributed by atoms with Crippen LogP contribution in [0.2, 0.25) is 0 Å². The summed E-state index contributed by atoms with van der Waals surface area (Å²) >= 11 is 0. The molecule has 0 aliphatic heterocycles. The molecule has 3 aromatic rings. The predicted octanol–water partition coefficient (Wildman–Crippen LogP) is 1.53. The van der Waals surface area contributed by atoms with Gasteiger partial charge in [-0.1, -0.05) is 0 Å². The van der Waals surface area contributed by atoms with E-state index >= 15 is 0 Å². The predicted molar refractivity (Wildman–Crippen MR) is 92.7 cm³/mol. The highest BCUT2D eigenvalue weighted by atomic mass is 32.2. The number of nitrogens with zero attached hydrogens (tertiary/aromatic N) is 1. The van der Waals surface area contributed by atoms with Crippen molar-refractivity contribution >= 4 is 32.6 Å². The number of nitrogens with two attached hydrogens (primary N) is 2. The monoisotopic (exact) mass is 377 g/mol. The van der Waals surface area contributed by atoms with Crippen molar-refractivity contribution in [1.82, 2.24) is 0 Å². The van der Waals surface area contributed by atoms with Gasteiger partial charge in [0.05, 0.1) is 15.9 Å². The standard InChI is InChI=1S/C15H11N3O7S/c16-9-2-3-10-14(6-9)24-7-11(15(10)19)8-1-4-13(25-26(17,22)23)12(5-8)18(20)21/h1-7H,16H2,(H2,17,22,23). The number of anilines is 1. The Labute approximate surface area is 146 Å². The Morgan fingerprint density at radius 3 is 2.54 bits per heavy atom. The van der Waals surface area contributed by atoms with Gasteiger partial charge in [0.2, 0.25) is 5.75 Å². The summed E-state index contributed by atoms with van der Waals surface area (Å²) in [6, 6.07) is 7.79. The second kappa shape index (κ2) is 6.13. The van der Waals surface area contributed by atoms with Crippen LogP contribution in [0.4, 0.5) is 11.4 Å². The minimum absolute atomic E-state index is 0.0486. The lowest BCUT2D eigenvalue weighted by molar-refractivity contribution is -0.385. The summed E-state index contributed by atoms with van der Waals surface area (Å²) in [6.07, 6.45) is 1.14. The Balaban J connectivity index is 2.18. The Morgan fingerprint density at radius 2 is 1.88 bits per heavy atom. The third-order valence-corrected chi connectivity index (χ3v) is 3.88. The van der Waals surface area contributed by atoms with Gasteiger partial charge >= 0.3 is 16.0 Å². The van der Waals surface area contributed by atoms with E-state index in [2.05, 4.69) is 4.18 Å². The lowest BCUT2D eigenvalue weighted by atomic mass is 10.0. The Morgan fingerprint density at radius 1 is 1.15 bits per heavy atom. The minimum Gasteiger partial charge on any atom is -0.463 e. The van der Waals surface area contributed by atoms with Crippen molar-refractivity contribution in [1.29, 1.82) is 0 Å². The molecule has 1 aromatic heterocycles. The molecule has 0 unspecified atom stereocenters. The van der Waals surface area contributed by atoms with Crippen LogP contribution < -0.4 is 20.5 Å². The molecule has 0 spiro atoms. The SMILES string of the molecule is Nc1ccc2c(=O)c(-c3ccc(OS(N)(=O)=O)c([N+](=O)[O-])c3)coc2c1. The molecule has 0 bridgehead atoms. The van der Waals surface area contributed by atoms with Crippen LogP contribution in [0.3, 0.4) is 0 Å². The van der Waals surface area contributed by atoms with Gasteiger partial charge in [-0.25, -0.2) is 0 Å². The van der Waals surface area contributed by atoms with Crippen molar-refractivity contribution < 1.29 is 21.9 Å². The number of nitro groups is 1. The highest BCUT2D eigenvalue weighted by molar-refractivity contribution is 7.84. The molecule has 0 saturated heterocycles. The summed E-state index contributed by atoms with van der Waals surface area (Å²) in [4.78, 5) is 23.0. The molecule has 3 rings (SSSR count). The van der Waals surface area contributed by atoms with Crippen LogP contribution in [0, 0.1) is 10.1 Å². The van der Waals surface area contributed by atoms with Crippen molar-refractivity contribution in [3.05, 3.63) is 63.0 Å². The van der Waals surface area contributed by atoms with Gasteiger partial charge in [0.25, 0.3) is 0 Å². The van der Waals surface area contributed by atoms with Crippen molar-refractivity contribution in [2.24, 2.45) is 5.14 Å². The average Bonchev–Trinajstić information content (AvgIpc) is 2.54. The molecule has 0 amide bonds. The van der Waals surface area contributed by atoms with E-state index in [-0.39, 0.29) is 22.1 Å². The molecular weight excluding hydrogens is 366 g/mol. The summed E-state index contributed by atoms with van der Waals surface area (Å²) in [7, 11) is -4.45. The molecule has 11 heteroatoms. The lowest BCUT2D eigenvalue weighted by Crippen LogP contribution is -2.19. The Hall–Kier alpha value is -3.44. The maximum absolute atomic E-state index is 12.6. The van der Waals surface area contributed by atoms with Crippen LogP contribution in [0.25, 0.3) is 22.1 Å². The normalized spacial score (nSPS) is 11.4. The van der Waals surface area contributed by atoms with E-state index in [4.69, 9.17) is 15.3 Å². The van der Waals surface area contributed by atoms with E-state index in [1.165, 1.54) is 24.3 Å². The maximum Gasteiger partial charge on any atom is 0.380 e.